The Morgan fingerprint density at radius 1 is 1.38 bits per heavy atom. The highest BCUT2D eigenvalue weighted by Gasteiger charge is 2.27. The Kier molecular flexibility index (Phi) is 5.45. The lowest BCUT2D eigenvalue weighted by Crippen LogP contribution is -2.45. The summed E-state index contributed by atoms with van der Waals surface area (Å²) in [5.74, 6) is -0.355. The molecule has 116 valence electrons. The third-order valence-corrected chi connectivity index (χ3v) is 4.29. The molecule has 0 bridgehead atoms. The zero-order valence-corrected chi connectivity index (χ0v) is 13.8. The number of amides is 1. The quantitative estimate of drug-likeness (QED) is 0.839. The molecule has 1 N–H and O–H groups in total. The molecule has 3 atom stereocenters. The summed E-state index contributed by atoms with van der Waals surface area (Å²) >= 11 is 3.11. The maximum Gasteiger partial charge on any atom is 0.375 e. The van der Waals surface area contributed by atoms with E-state index in [1.54, 1.807) is 13.0 Å². The number of nitrogens with one attached hydrogen (secondary N) is 1. The van der Waals surface area contributed by atoms with Crippen LogP contribution in [0.25, 0.3) is 0 Å². The number of esters is 1. The van der Waals surface area contributed by atoms with Crippen molar-refractivity contribution in [3.8, 4) is 0 Å². The van der Waals surface area contributed by atoms with E-state index < -0.39 is 12.1 Å². The second kappa shape index (κ2) is 7.11. The maximum absolute atomic E-state index is 12.1. The summed E-state index contributed by atoms with van der Waals surface area (Å²) in [6.07, 6.45) is 3.61. The molecular formula is C15H20BrNO4. The van der Waals surface area contributed by atoms with Gasteiger partial charge in [0.05, 0.1) is 0 Å². The van der Waals surface area contributed by atoms with Gasteiger partial charge in [0.1, 0.15) is 0 Å². The van der Waals surface area contributed by atoms with Crippen LogP contribution in [-0.2, 0) is 9.53 Å². The fourth-order valence-corrected chi connectivity index (χ4v) is 2.83. The highest BCUT2D eigenvalue weighted by atomic mass is 79.9. The van der Waals surface area contributed by atoms with Crippen LogP contribution in [-0.4, -0.2) is 24.0 Å². The van der Waals surface area contributed by atoms with E-state index in [1.807, 2.05) is 0 Å². The van der Waals surface area contributed by atoms with Crippen LogP contribution in [0.15, 0.2) is 21.2 Å². The van der Waals surface area contributed by atoms with Gasteiger partial charge in [-0.25, -0.2) is 4.79 Å². The van der Waals surface area contributed by atoms with E-state index in [4.69, 9.17) is 9.15 Å². The van der Waals surface area contributed by atoms with Crippen LogP contribution in [0.3, 0.4) is 0 Å². The molecule has 2 rings (SSSR count). The van der Waals surface area contributed by atoms with E-state index in [9.17, 15) is 9.59 Å². The lowest BCUT2D eigenvalue weighted by molar-refractivity contribution is -0.130. The van der Waals surface area contributed by atoms with E-state index in [2.05, 4.69) is 28.2 Å². The molecule has 6 heteroatoms. The fraction of sp³-hybridized carbons (Fsp3) is 0.600. The first-order valence-electron chi connectivity index (χ1n) is 7.24. The van der Waals surface area contributed by atoms with Gasteiger partial charge in [-0.05, 0) is 53.7 Å². The van der Waals surface area contributed by atoms with Crippen molar-refractivity contribution in [2.45, 2.75) is 51.7 Å². The van der Waals surface area contributed by atoms with Crippen molar-refractivity contribution < 1.29 is 18.7 Å². The van der Waals surface area contributed by atoms with Crippen molar-refractivity contribution in [3.63, 3.8) is 0 Å². The van der Waals surface area contributed by atoms with Crippen molar-refractivity contribution >= 4 is 27.8 Å². The third-order valence-electron chi connectivity index (χ3n) is 3.87. The molecule has 0 unspecified atom stereocenters. The molecular weight excluding hydrogens is 338 g/mol. The Morgan fingerprint density at radius 3 is 2.71 bits per heavy atom. The van der Waals surface area contributed by atoms with Gasteiger partial charge in [0.25, 0.3) is 5.91 Å². The van der Waals surface area contributed by atoms with E-state index in [-0.39, 0.29) is 17.7 Å². The Morgan fingerprint density at radius 2 is 2.10 bits per heavy atom. The first kappa shape index (κ1) is 16.1. The molecule has 0 spiro atoms. The normalized spacial score (nSPS) is 23.4. The van der Waals surface area contributed by atoms with Gasteiger partial charge in [-0.2, -0.15) is 0 Å². The number of hydrogen-bond donors (Lipinski definition) is 1. The molecule has 21 heavy (non-hydrogen) atoms. The van der Waals surface area contributed by atoms with Gasteiger partial charge in [0, 0.05) is 6.04 Å². The van der Waals surface area contributed by atoms with E-state index in [1.165, 1.54) is 12.5 Å². The highest BCUT2D eigenvalue weighted by molar-refractivity contribution is 9.10. The first-order chi connectivity index (χ1) is 9.97. The zero-order chi connectivity index (χ0) is 15.4. The lowest BCUT2D eigenvalue weighted by Gasteiger charge is -2.30. The van der Waals surface area contributed by atoms with Crippen LogP contribution in [0.5, 0.6) is 0 Å². The Labute approximate surface area is 132 Å². The predicted octanol–water partition coefficient (Wildman–Crippen LogP) is 3.28. The van der Waals surface area contributed by atoms with E-state index in [0.717, 1.165) is 19.3 Å². The number of rotatable bonds is 4. The average molecular weight is 358 g/mol. The van der Waals surface area contributed by atoms with Crippen molar-refractivity contribution in [3.05, 3.63) is 22.6 Å². The smallest absolute Gasteiger partial charge is 0.375 e. The van der Waals surface area contributed by atoms with Crippen molar-refractivity contribution in [1.82, 2.24) is 5.32 Å². The van der Waals surface area contributed by atoms with Gasteiger partial charge in [-0.15, -0.1) is 0 Å². The Balaban J connectivity index is 1.86. The van der Waals surface area contributed by atoms with Gasteiger partial charge in [-0.1, -0.05) is 19.8 Å². The Hall–Kier alpha value is -1.30. The molecule has 0 radical (unpaired) electrons. The zero-order valence-electron chi connectivity index (χ0n) is 12.2. The van der Waals surface area contributed by atoms with Crippen LogP contribution >= 0.6 is 15.9 Å². The summed E-state index contributed by atoms with van der Waals surface area (Å²) in [5.41, 5.74) is 0. The predicted molar refractivity (Wildman–Crippen MR) is 80.8 cm³/mol. The topological polar surface area (TPSA) is 68.5 Å². The van der Waals surface area contributed by atoms with Crippen LogP contribution in [0.2, 0.25) is 0 Å². The third kappa shape index (κ3) is 4.33. The van der Waals surface area contributed by atoms with Crippen molar-refractivity contribution in [1.29, 1.82) is 0 Å². The van der Waals surface area contributed by atoms with Crippen LogP contribution in [0.1, 0.15) is 50.1 Å². The van der Waals surface area contributed by atoms with Crippen LogP contribution < -0.4 is 5.32 Å². The van der Waals surface area contributed by atoms with Crippen molar-refractivity contribution in [2.24, 2.45) is 5.92 Å². The van der Waals surface area contributed by atoms with Gasteiger partial charge >= 0.3 is 5.97 Å². The molecule has 0 aliphatic heterocycles. The summed E-state index contributed by atoms with van der Waals surface area (Å²) < 4.78 is 10.7. The molecule has 1 amide bonds. The van der Waals surface area contributed by atoms with E-state index >= 15 is 0 Å². The van der Waals surface area contributed by atoms with Gasteiger partial charge < -0.3 is 14.5 Å². The number of ether oxygens (including phenoxy) is 1. The minimum atomic E-state index is -0.837. The van der Waals surface area contributed by atoms with E-state index in [0.29, 0.717) is 10.6 Å². The number of carbonyl (C=O) groups excluding carboxylic acids is 2. The number of carbonyl (C=O) groups is 2. The molecule has 1 heterocycles. The first-order valence-corrected chi connectivity index (χ1v) is 8.03. The molecule has 1 saturated carbocycles. The largest absolute Gasteiger partial charge is 0.447 e. The van der Waals surface area contributed by atoms with Crippen LogP contribution in [0.4, 0.5) is 0 Å². The van der Waals surface area contributed by atoms with Gasteiger partial charge in [0.2, 0.25) is 5.76 Å². The molecule has 0 saturated heterocycles. The molecule has 5 nitrogen and oxygen atoms in total. The molecule has 1 aliphatic rings. The van der Waals surface area contributed by atoms with Crippen molar-refractivity contribution in [2.75, 3.05) is 0 Å². The van der Waals surface area contributed by atoms with Crippen LogP contribution in [0, 0.1) is 5.92 Å². The van der Waals surface area contributed by atoms with Gasteiger partial charge in [0.15, 0.2) is 10.8 Å². The second-order valence-electron chi connectivity index (χ2n) is 5.53. The summed E-state index contributed by atoms with van der Waals surface area (Å²) in [4.78, 5) is 23.9. The summed E-state index contributed by atoms with van der Waals surface area (Å²) in [7, 11) is 0. The Bertz CT molecular complexity index is 514. The summed E-state index contributed by atoms with van der Waals surface area (Å²) in [5, 5.41) is 2.97. The number of halogens is 1. The molecule has 1 fully saturated rings. The molecule has 1 aliphatic carbocycles. The monoisotopic (exact) mass is 357 g/mol. The molecule has 1 aromatic rings. The average Bonchev–Trinajstić information content (AvgIpc) is 2.88. The second-order valence-corrected chi connectivity index (χ2v) is 6.31. The standard InChI is InChI=1S/C15H20BrNO4/c1-9-5-3-4-6-11(9)17-14(18)10(2)20-15(19)12-7-8-13(16)21-12/h7-11H,3-6H2,1-2H3,(H,17,18)/t9-,10-,11+/m1/s1. The summed E-state index contributed by atoms with van der Waals surface area (Å²) in [6.45, 7) is 3.71. The number of hydrogen-bond acceptors (Lipinski definition) is 4. The minimum absolute atomic E-state index is 0.0764. The highest BCUT2D eigenvalue weighted by Crippen LogP contribution is 2.24. The minimum Gasteiger partial charge on any atom is -0.447 e. The maximum atomic E-state index is 12.1. The van der Waals surface area contributed by atoms with Gasteiger partial charge in [-0.3, -0.25) is 4.79 Å². The summed E-state index contributed by atoms with van der Waals surface area (Å²) in [6, 6.07) is 3.27. The number of furan rings is 1. The molecule has 0 aromatic carbocycles. The SMILES string of the molecule is C[C@@H]1CCCC[C@@H]1NC(=O)[C@@H](C)OC(=O)c1ccc(Br)o1. The molecule has 1 aromatic heterocycles. The lowest BCUT2D eigenvalue weighted by atomic mass is 9.86. The fourth-order valence-electron chi connectivity index (χ4n) is 2.53.